The summed E-state index contributed by atoms with van der Waals surface area (Å²) in [6.07, 6.45) is 9.96. The van der Waals surface area contributed by atoms with Crippen molar-refractivity contribution in [1.82, 2.24) is 19.8 Å². The fourth-order valence-electron chi connectivity index (χ4n) is 4.91. The van der Waals surface area contributed by atoms with Gasteiger partial charge in [0.25, 0.3) is 0 Å². The Labute approximate surface area is 181 Å². The Morgan fingerprint density at radius 3 is 2.50 bits per heavy atom. The van der Waals surface area contributed by atoms with Gasteiger partial charge in [-0.1, -0.05) is 25.3 Å². The van der Waals surface area contributed by atoms with E-state index >= 15 is 0 Å². The third kappa shape index (κ3) is 3.49. The van der Waals surface area contributed by atoms with Crippen LogP contribution in [0.1, 0.15) is 55.6 Å². The summed E-state index contributed by atoms with van der Waals surface area (Å²) in [6, 6.07) is 17.3. The van der Waals surface area contributed by atoms with E-state index in [0.29, 0.717) is 6.04 Å². The van der Waals surface area contributed by atoms with Gasteiger partial charge in [0.05, 0.1) is 17.8 Å². The first kappa shape index (κ1) is 19.2. The molecule has 1 aromatic carbocycles. The molecule has 5 rings (SSSR count). The molecule has 2 aromatic heterocycles. The molecule has 4 nitrogen and oxygen atoms in total. The SMILES string of the molecule is Fc1ccc(-n2cccc2[C@@H]2[C@H](c3ccccn3)NC(=S)N2C2CCCCC2)cc1. The van der Waals surface area contributed by atoms with E-state index < -0.39 is 0 Å². The maximum atomic E-state index is 13.5. The van der Waals surface area contributed by atoms with Crippen LogP contribution in [0.3, 0.4) is 0 Å². The smallest absolute Gasteiger partial charge is 0.170 e. The van der Waals surface area contributed by atoms with Crippen LogP contribution < -0.4 is 5.32 Å². The molecule has 1 N–H and O–H groups in total. The Morgan fingerprint density at radius 2 is 1.77 bits per heavy atom. The van der Waals surface area contributed by atoms with Crippen LogP contribution in [0.5, 0.6) is 0 Å². The maximum absolute atomic E-state index is 13.5. The number of hydrogen-bond donors (Lipinski definition) is 1. The molecule has 2 fully saturated rings. The summed E-state index contributed by atoms with van der Waals surface area (Å²) in [6.45, 7) is 0. The van der Waals surface area contributed by atoms with Crippen molar-refractivity contribution in [3.63, 3.8) is 0 Å². The molecule has 0 amide bonds. The summed E-state index contributed by atoms with van der Waals surface area (Å²) in [4.78, 5) is 7.05. The number of aromatic nitrogens is 2. The van der Waals surface area contributed by atoms with Crippen molar-refractivity contribution in [1.29, 1.82) is 0 Å². The number of pyridine rings is 1. The number of nitrogens with one attached hydrogen (secondary N) is 1. The lowest BCUT2D eigenvalue weighted by molar-refractivity contribution is 0.193. The van der Waals surface area contributed by atoms with Gasteiger partial charge in [0, 0.05) is 29.8 Å². The van der Waals surface area contributed by atoms with Crippen LogP contribution in [-0.4, -0.2) is 25.6 Å². The predicted molar refractivity (Wildman–Crippen MR) is 120 cm³/mol. The number of rotatable bonds is 4. The second-order valence-electron chi connectivity index (χ2n) is 8.11. The lowest BCUT2D eigenvalue weighted by atomic mass is 9.92. The average molecular weight is 421 g/mol. The Balaban J connectivity index is 1.60. The Morgan fingerprint density at radius 1 is 0.967 bits per heavy atom. The van der Waals surface area contributed by atoms with E-state index in [1.165, 1.54) is 31.4 Å². The van der Waals surface area contributed by atoms with Gasteiger partial charge in [-0.2, -0.15) is 0 Å². The highest BCUT2D eigenvalue weighted by Gasteiger charge is 2.44. The number of benzene rings is 1. The highest BCUT2D eigenvalue weighted by Crippen LogP contribution is 2.43. The van der Waals surface area contributed by atoms with Gasteiger partial charge in [0.2, 0.25) is 0 Å². The number of hydrogen-bond acceptors (Lipinski definition) is 2. The first-order chi connectivity index (χ1) is 14.7. The molecule has 3 aromatic rings. The molecule has 2 aliphatic rings. The van der Waals surface area contributed by atoms with Crippen LogP contribution in [0.2, 0.25) is 0 Å². The van der Waals surface area contributed by atoms with Gasteiger partial charge in [-0.25, -0.2) is 4.39 Å². The third-order valence-corrected chi connectivity index (χ3v) is 6.62. The largest absolute Gasteiger partial charge is 0.352 e. The minimum absolute atomic E-state index is 0.0237. The van der Waals surface area contributed by atoms with Crippen molar-refractivity contribution >= 4 is 17.3 Å². The quantitative estimate of drug-likeness (QED) is 0.580. The molecule has 0 radical (unpaired) electrons. The van der Waals surface area contributed by atoms with Crippen molar-refractivity contribution in [3.05, 3.63) is 84.2 Å². The molecule has 0 bridgehead atoms. The minimum atomic E-state index is -0.230. The molecule has 0 spiro atoms. The van der Waals surface area contributed by atoms with Gasteiger partial charge >= 0.3 is 0 Å². The monoisotopic (exact) mass is 420 g/mol. The fourth-order valence-corrected chi connectivity index (χ4v) is 5.30. The molecule has 154 valence electrons. The minimum Gasteiger partial charge on any atom is -0.352 e. The average Bonchev–Trinajstić information content (AvgIpc) is 3.40. The number of nitrogens with zero attached hydrogens (tertiary/aromatic N) is 3. The zero-order valence-corrected chi connectivity index (χ0v) is 17.6. The van der Waals surface area contributed by atoms with E-state index in [-0.39, 0.29) is 17.9 Å². The first-order valence-corrected chi connectivity index (χ1v) is 11.1. The third-order valence-electron chi connectivity index (χ3n) is 6.29. The Kier molecular flexibility index (Phi) is 5.25. The van der Waals surface area contributed by atoms with Crippen molar-refractivity contribution < 1.29 is 4.39 Å². The van der Waals surface area contributed by atoms with E-state index in [4.69, 9.17) is 12.2 Å². The van der Waals surface area contributed by atoms with Crippen molar-refractivity contribution in [2.24, 2.45) is 0 Å². The van der Waals surface area contributed by atoms with Crippen LogP contribution in [0.15, 0.2) is 67.0 Å². The molecular weight excluding hydrogens is 395 g/mol. The zero-order chi connectivity index (χ0) is 20.5. The first-order valence-electron chi connectivity index (χ1n) is 10.7. The van der Waals surface area contributed by atoms with Crippen LogP contribution >= 0.6 is 12.2 Å². The summed E-state index contributed by atoms with van der Waals surface area (Å²) in [5.74, 6) is -0.230. The van der Waals surface area contributed by atoms with Crippen LogP contribution in [0.25, 0.3) is 5.69 Å². The van der Waals surface area contributed by atoms with E-state index in [2.05, 4.69) is 38.0 Å². The molecule has 2 atom stereocenters. The molecule has 1 aliphatic carbocycles. The van der Waals surface area contributed by atoms with Crippen molar-refractivity contribution in [2.45, 2.75) is 50.2 Å². The van der Waals surface area contributed by atoms with E-state index in [1.807, 2.05) is 36.7 Å². The van der Waals surface area contributed by atoms with Gasteiger partial charge in [0.1, 0.15) is 5.82 Å². The summed E-state index contributed by atoms with van der Waals surface area (Å²) in [7, 11) is 0. The predicted octanol–water partition coefficient (Wildman–Crippen LogP) is 5.32. The summed E-state index contributed by atoms with van der Waals surface area (Å²) in [5, 5.41) is 4.37. The van der Waals surface area contributed by atoms with Crippen molar-refractivity contribution in [2.75, 3.05) is 0 Å². The maximum Gasteiger partial charge on any atom is 0.170 e. The topological polar surface area (TPSA) is 33.1 Å². The van der Waals surface area contributed by atoms with E-state index in [1.54, 1.807) is 0 Å². The highest BCUT2D eigenvalue weighted by molar-refractivity contribution is 7.80. The second kappa shape index (κ2) is 8.19. The molecule has 1 aliphatic heterocycles. The van der Waals surface area contributed by atoms with Gasteiger partial charge in [-0.3, -0.25) is 4.98 Å². The summed E-state index contributed by atoms with van der Waals surface area (Å²) in [5.41, 5.74) is 3.06. The van der Waals surface area contributed by atoms with E-state index in [0.717, 1.165) is 35.0 Å². The Hall–Kier alpha value is -2.73. The van der Waals surface area contributed by atoms with Gasteiger partial charge < -0.3 is 14.8 Å². The lowest BCUT2D eigenvalue weighted by Crippen LogP contribution is -2.40. The van der Waals surface area contributed by atoms with Crippen LogP contribution in [-0.2, 0) is 0 Å². The second-order valence-corrected chi connectivity index (χ2v) is 8.49. The molecule has 0 unspecified atom stereocenters. The summed E-state index contributed by atoms with van der Waals surface area (Å²) < 4.78 is 15.7. The summed E-state index contributed by atoms with van der Waals surface area (Å²) >= 11 is 5.85. The van der Waals surface area contributed by atoms with Gasteiger partial charge in [0.15, 0.2) is 5.11 Å². The number of halogens is 1. The van der Waals surface area contributed by atoms with Crippen LogP contribution in [0, 0.1) is 5.82 Å². The molecular formula is C24H25FN4S. The normalized spacial score (nSPS) is 22.3. The standard InChI is InChI=1S/C24H25FN4S/c25-17-11-13-18(14-12-17)28-16-6-10-21(28)23-22(20-9-4-5-15-26-20)27-24(30)29(23)19-7-2-1-3-8-19/h4-6,9-16,19,22-23H,1-3,7-8H2,(H,27,30)/t22-,23+/m0/s1. The molecule has 3 heterocycles. The molecule has 30 heavy (non-hydrogen) atoms. The Bertz CT molecular complexity index is 1010. The van der Waals surface area contributed by atoms with Gasteiger partial charge in [-0.05, 0) is 73.6 Å². The molecule has 1 saturated heterocycles. The lowest BCUT2D eigenvalue weighted by Gasteiger charge is -2.37. The van der Waals surface area contributed by atoms with Crippen LogP contribution in [0.4, 0.5) is 4.39 Å². The molecule has 1 saturated carbocycles. The highest BCUT2D eigenvalue weighted by atomic mass is 32.1. The van der Waals surface area contributed by atoms with Gasteiger partial charge in [-0.15, -0.1) is 0 Å². The van der Waals surface area contributed by atoms with Crippen molar-refractivity contribution in [3.8, 4) is 5.69 Å². The fraction of sp³-hybridized carbons (Fsp3) is 0.333. The number of thiocarbonyl (C=S) groups is 1. The van der Waals surface area contributed by atoms with E-state index in [9.17, 15) is 4.39 Å². The molecule has 6 heteroatoms. The zero-order valence-electron chi connectivity index (χ0n) is 16.7.